The van der Waals surface area contributed by atoms with Crippen LogP contribution in [0.25, 0.3) is 0 Å². The molecule has 42 heavy (non-hydrogen) atoms. The second-order valence-corrected chi connectivity index (χ2v) is 10.2. The molecule has 2 fully saturated rings. The highest BCUT2D eigenvalue weighted by molar-refractivity contribution is 5.97. The predicted octanol–water partition coefficient (Wildman–Crippen LogP) is 5.49. The molecule has 2 aliphatic heterocycles. The van der Waals surface area contributed by atoms with E-state index in [9.17, 15) is 35.9 Å². The average molecular weight is 596 g/mol. The first kappa shape index (κ1) is 29.4. The second kappa shape index (κ2) is 11.6. The average Bonchev–Trinajstić information content (AvgIpc) is 3.44. The number of piperidine rings is 1. The Hall–Kier alpha value is -4.10. The largest absolute Gasteiger partial charge is 0.437 e. The number of piperazine rings is 1. The number of carbonyl (C=O) groups is 2. The molecule has 4 heterocycles. The smallest absolute Gasteiger partial charge is 0.420 e. The van der Waals surface area contributed by atoms with Crippen molar-refractivity contribution < 1.29 is 40.3 Å². The summed E-state index contributed by atoms with van der Waals surface area (Å²) >= 11 is 0. The lowest BCUT2D eigenvalue weighted by atomic mass is 10.1. The Morgan fingerprint density at radius 3 is 2.12 bits per heavy atom. The van der Waals surface area contributed by atoms with Crippen LogP contribution in [0.3, 0.4) is 0 Å². The van der Waals surface area contributed by atoms with Crippen molar-refractivity contribution in [3.05, 3.63) is 70.7 Å². The molecular formula is C28H27F6N5O3. The Labute approximate surface area is 236 Å². The number of Topliss-reactive ketones (excluding diaryl/α,β-unsaturated/α-hetero) is 1. The van der Waals surface area contributed by atoms with Crippen molar-refractivity contribution in [2.45, 2.75) is 38.0 Å². The van der Waals surface area contributed by atoms with E-state index in [4.69, 9.17) is 4.42 Å². The number of hydrogen-bond acceptors (Lipinski definition) is 7. The first-order valence-corrected chi connectivity index (χ1v) is 13.4. The number of nitrogens with zero attached hydrogens (tertiary/aromatic N) is 5. The Bertz CT molecular complexity index is 1420. The summed E-state index contributed by atoms with van der Waals surface area (Å²) < 4.78 is 86.3. The highest BCUT2D eigenvalue weighted by atomic mass is 19.4. The molecule has 0 bridgehead atoms. The molecular weight excluding hydrogens is 568 g/mol. The van der Waals surface area contributed by atoms with Gasteiger partial charge in [-0.15, -0.1) is 0 Å². The Kier molecular flexibility index (Phi) is 8.15. The van der Waals surface area contributed by atoms with Crippen LogP contribution in [-0.2, 0) is 18.8 Å². The molecule has 8 nitrogen and oxygen atoms in total. The van der Waals surface area contributed by atoms with E-state index < -0.39 is 46.6 Å². The zero-order valence-electron chi connectivity index (χ0n) is 22.3. The summed E-state index contributed by atoms with van der Waals surface area (Å²) in [7, 11) is 0. The van der Waals surface area contributed by atoms with Crippen LogP contribution in [0.5, 0.6) is 0 Å². The van der Waals surface area contributed by atoms with Gasteiger partial charge in [-0.2, -0.15) is 31.3 Å². The number of hydrogen-bond donors (Lipinski definition) is 0. The Morgan fingerprint density at radius 2 is 1.50 bits per heavy atom. The lowest BCUT2D eigenvalue weighted by Crippen LogP contribution is -2.49. The maximum absolute atomic E-state index is 13.6. The molecule has 1 amide bonds. The number of benzene rings is 1. The third-order valence-electron chi connectivity index (χ3n) is 7.29. The SMILES string of the molecule is O=C(Cc1ccc(N2CCN(C(=O)c3ccccc3C(F)(F)F)CC2)nc1)c1oc(N2CCCCC2)nc1C(F)(F)F. The maximum Gasteiger partial charge on any atom is 0.437 e. The molecule has 2 aliphatic rings. The quantitative estimate of drug-likeness (QED) is 0.276. The number of oxazole rings is 1. The summed E-state index contributed by atoms with van der Waals surface area (Å²) in [5, 5.41) is 0. The Balaban J connectivity index is 1.22. The number of pyridine rings is 1. The van der Waals surface area contributed by atoms with E-state index in [1.165, 1.54) is 23.2 Å². The number of halogens is 6. The highest BCUT2D eigenvalue weighted by Crippen LogP contribution is 2.36. The summed E-state index contributed by atoms with van der Waals surface area (Å²) in [6, 6.07) is 7.60. The molecule has 14 heteroatoms. The van der Waals surface area contributed by atoms with Gasteiger partial charge in [-0.05, 0) is 43.0 Å². The van der Waals surface area contributed by atoms with Crippen molar-refractivity contribution in [3.8, 4) is 0 Å². The monoisotopic (exact) mass is 595 g/mol. The van der Waals surface area contributed by atoms with Gasteiger partial charge in [0.2, 0.25) is 11.5 Å². The van der Waals surface area contributed by atoms with Gasteiger partial charge in [-0.3, -0.25) is 9.59 Å². The van der Waals surface area contributed by atoms with Crippen molar-refractivity contribution >= 4 is 23.5 Å². The number of alkyl halides is 6. The zero-order chi connectivity index (χ0) is 30.1. The molecule has 1 aromatic carbocycles. The van der Waals surface area contributed by atoms with E-state index in [0.29, 0.717) is 37.6 Å². The number of rotatable bonds is 6. The van der Waals surface area contributed by atoms with E-state index >= 15 is 0 Å². The van der Waals surface area contributed by atoms with Crippen LogP contribution in [-0.4, -0.2) is 65.8 Å². The first-order chi connectivity index (χ1) is 19.9. The van der Waals surface area contributed by atoms with E-state index in [2.05, 4.69) is 9.97 Å². The summed E-state index contributed by atoms with van der Waals surface area (Å²) in [6.45, 7) is 1.94. The maximum atomic E-state index is 13.6. The van der Waals surface area contributed by atoms with Crippen LogP contribution >= 0.6 is 0 Å². The first-order valence-electron chi connectivity index (χ1n) is 13.4. The van der Waals surface area contributed by atoms with Gasteiger partial charge >= 0.3 is 12.4 Å². The minimum Gasteiger partial charge on any atom is -0.420 e. The molecule has 5 rings (SSSR count). The molecule has 0 N–H and O–H groups in total. The van der Waals surface area contributed by atoms with Crippen molar-refractivity contribution in [3.63, 3.8) is 0 Å². The summed E-state index contributed by atoms with van der Waals surface area (Å²) in [5.41, 5.74) is -2.37. The highest BCUT2D eigenvalue weighted by Gasteiger charge is 2.42. The van der Waals surface area contributed by atoms with E-state index in [-0.39, 0.29) is 25.5 Å². The fourth-order valence-electron chi connectivity index (χ4n) is 5.11. The molecule has 0 radical (unpaired) electrons. The molecule has 2 saturated heterocycles. The van der Waals surface area contributed by atoms with Crippen LogP contribution < -0.4 is 9.80 Å². The molecule has 2 aromatic heterocycles. The van der Waals surface area contributed by atoms with Crippen molar-refractivity contribution in [2.24, 2.45) is 0 Å². The lowest BCUT2D eigenvalue weighted by Gasteiger charge is -2.35. The lowest BCUT2D eigenvalue weighted by molar-refractivity contribution is -0.141. The molecule has 3 aromatic rings. The van der Waals surface area contributed by atoms with Crippen molar-refractivity contribution in [2.75, 3.05) is 49.1 Å². The van der Waals surface area contributed by atoms with Gasteiger partial charge in [0.1, 0.15) is 5.82 Å². The fourth-order valence-corrected chi connectivity index (χ4v) is 5.11. The summed E-state index contributed by atoms with van der Waals surface area (Å²) in [5.74, 6) is -1.92. The third kappa shape index (κ3) is 6.36. The molecule has 0 aliphatic carbocycles. The van der Waals surface area contributed by atoms with Crippen molar-refractivity contribution in [1.29, 1.82) is 0 Å². The van der Waals surface area contributed by atoms with Crippen molar-refractivity contribution in [1.82, 2.24) is 14.9 Å². The molecule has 0 spiro atoms. The van der Waals surface area contributed by atoms with Crippen LogP contribution in [0.1, 0.15) is 57.0 Å². The van der Waals surface area contributed by atoms with Gasteiger partial charge in [0.15, 0.2) is 5.69 Å². The fraction of sp³-hybridized carbons (Fsp3) is 0.429. The van der Waals surface area contributed by atoms with Crippen LogP contribution in [0.2, 0.25) is 0 Å². The van der Waals surface area contributed by atoms with Crippen LogP contribution in [0.4, 0.5) is 38.2 Å². The number of carbonyl (C=O) groups excluding carboxylic acids is 2. The number of amides is 1. The van der Waals surface area contributed by atoms with Gasteiger partial charge in [0, 0.05) is 51.9 Å². The number of anilines is 2. The second-order valence-electron chi connectivity index (χ2n) is 10.2. The van der Waals surface area contributed by atoms with Gasteiger partial charge in [-0.25, -0.2) is 4.98 Å². The third-order valence-corrected chi connectivity index (χ3v) is 7.29. The van der Waals surface area contributed by atoms with Crippen LogP contribution in [0, 0.1) is 0 Å². The normalized spacial score (nSPS) is 16.6. The standard InChI is InChI=1S/C28H27F6N5O3/c29-27(30,31)20-7-3-2-6-19(20)25(41)38-14-12-37(13-15-38)22-9-8-18(17-35-22)16-21(40)23-24(28(32,33)34)36-26(42-23)39-10-4-1-5-11-39/h2-3,6-9,17H,1,4-5,10-16H2. The van der Waals surface area contributed by atoms with Gasteiger partial charge in [0.05, 0.1) is 11.1 Å². The number of aromatic nitrogens is 2. The van der Waals surface area contributed by atoms with E-state index in [1.807, 2.05) is 4.90 Å². The van der Waals surface area contributed by atoms with Crippen LogP contribution in [0.15, 0.2) is 47.0 Å². The molecule has 0 saturated carbocycles. The topological polar surface area (TPSA) is 82.8 Å². The van der Waals surface area contributed by atoms with Gasteiger partial charge in [0.25, 0.3) is 11.9 Å². The Morgan fingerprint density at radius 1 is 0.810 bits per heavy atom. The molecule has 0 atom stereocenters. The zero-order valence-corrected chi connectivity index (χ0v) is 22.3. The van der Waals surface area contributed by atoms with Gasteiger partial charge < -0.3 is 19.1 Å². The van der Waals surface area contributed by atoms with Gasteiger partial charge in [-0.1, -0.05) is 18.2 Å². The minimum atomic E-state index is -4.86. The van der Waals surface area contributed by atoms with E-state index in [1.54, 1.807) is 17.0 Å². The summed E-state index contributed by atoms with van der Waals surface area (Å²) in [4.78, 5) is 38.4. The minimum absolute atomic E-state index is 0.165. The summed E-state index contributed by atoms with van der Waals surface area (Å²) in [6.07, 6.45) is -5.97. The van der Waals surface area contributed by atoms with E-state index in [0.717, 1.165) is 31.4 Å². The number of ketones is 1. The molecule has 0 unspecified atom stereocenters. The molecule has 224 valence electrons. The predicted molar refractivity (Wildman–Crippen MR) is 139 cm³/mol.